The quantitative estimate of drug-likeness (QED) is 0.942. The zero-order chi connectivity index (χ0) is 16.2. The van der Waals surface area contributed by atoms with Crippen LogP contribution in [0.15, 0.2) is 35.1 Å². The van der Waals surface area contributed by atoms with Crippen molar-refractivity contribution in [3.05, 3.63) is 53.2 Å². The fraction of sp³-hybridized carbons (Fsp3) is 0.444. The van der Waals surface area contributed by atoms with Crippen molar-refractivity contribution in [1.82, 2.24) is 10.3 Å². The molecule has 0 bridgehead atoms. The Hall–Kier alpha value is -2.14. The van der Waals surface area contributed by atoms with Gasteiger partial charge in [-0.1, -0.05) is 29.8 Å². The van der Waals surface area contributed by atoms with Crippen LogP contribution in [-0.2, 0) is 16.1 Å². The van der Waals surface area contributed by atoms with Gasteiger partial charge in [-0.05, 0) is 32.3 Å². The summed E-state index contributed by atoms with van der Waals surface area (Å²) in [7, 11) is 0. The number of oxazole rings is 1. The van der Waals surface area contributed by atoms with E-state index in [-0.39, 0.29) is 17.9 Å². The Morgan fingerprint density at radius 3 is 2.78 bits per heavy atom. The normalized spacial score (nSPS) is 21.1. The number of hydrogen-bond acceptors (Lipinski definition) is 4. The summed E-state index contributed by atoms with van der Waals surface area (Å²) in [5.74, 6) is 0.530. The second kappa shape index (κ2) is 6.96. The molecular formula is C18H22N2O3. The Morgan fingerprint density at radius 1 is 1.30 bits per heavy atom. The predicted molar refractivity (Wildman–Crippen MR) is 85.7 cm³/mol. The van der Waals surface area contributed by atoms with Gasteiger partial charge in [0, 0.05) is 6.61 Å². The minimum absolute atomic E-state index is 0.00563. The Bertz CT molecular complexity index is 663. The Morgan fingerprint density at radius 2 is 2.09 bits per heavy atom. The molecule has 1 fully saturated rings. The summed E-state index contributed by atoms with van der Waals surface area (Å²) >= 11 is 0. The smallest absolute Gasteiger partial charge is 0.226 e. The molecule has 5 nitrogen and oxygen atoms in total. The maximum Gasteiger partial charge on any atom is 0.226 e. The van der Waals surface area contributed by atoms with Crippen molar-refractivity contribution in [3.63, 3.8) is 0 Å². The van der Waals surface area contributed by atoms with E-state index in [0.29, 0.717) is 18.9 Å². The molecule has 0 spiro atoms. The Balaban J connectivity index is 1.69. The average Bonchev–Trinajstić information content (AvgIpc) is 2.98. The third-order valence-corrected chi connectivity index (χ3v) is 4.33. The maximum atomic E-state index is 12.6. The Kier molecular flexibility index (Phi) is 4.76. The van der Waals surface area contributed by atoms with Crippen LogP contribution in [0, 0.1) is 19.8 Å². The van der Waals surface area contributed by atoms with Crippen molar-refractivity contribution < 1.29 is 13.9 Å². The van der Waals surface area contributed by atoms with Crippen molar-refractivity contribution >= 4 is 5.91 Å². The number of aryl methyl sites for hydroxylation is 2. The van der Waals surface area contributed by atoms with Gasteiger partial charge in [0.2, 0.25) is 5.91 Å². The number of rotatable bonds is 4. The monoisotopic (exact) mass is 314 g/mol. The minimum atomic E-state index is -0.180. The van der Waals surface area contributed by atoms with Crippen LogP contribution in [-0.4, -0.2) is 17.5 Å². The van der Waals surface area contributed by atoms with Crippen molar-refractivity contribution in [3.8, 4) is 0 Å². The van der Waals surface area contributed by atoms with E-state index in [2.05, 4.69) is 29.4 Å². The third kappa shape index (κ3) is 3.62. The van der Waals surface area contributed by atoms with Crippen LogP contribution in [0.25, 0.3) is 0 Å². The fourth-order valence-electron chi connectivity index (χ4n) is 2.93. The van der Waals surface area contributed by atoms with Crippen LogP contribution in [0.5, 0.6) is 0 Å². The molecule has 2 atom stereocenters. The van der Waals surface area contributed by atoms with Gasteiger partial charge in [-0.2, -0.15) is 0 Å². The van der Waals surface area contributed by atoms with Crippen LogP contribution in [0.4, 0.5) is 0 Å². The van der Waals surface area contributed by atoms with E-state index in [9.17, 15) is 4.79 Å². The summed E-state index contributed by atoms with van der Waals surface area (Å²) in [5, 5.41) is 2.95. The SMILES string of the molecule is Cc1ccc([C@@H]2OCCC[C@H]2C(=O)NCc2ocnc2C)cc1. The standard InChI is InChI=1S/C18H22N2O3/c1-12-5-7-14(8-6-12)17-15(4-3-9-22-17)18(21)19-10-16-13(2)20-11-23-16/h5-8,11,15,17H,3-4,9-10H2,1-2H3,(H,19,21)/t15-,17+/m1/s1. The highest BCUT2D eigenvalue weighted by molar-refractivity contribution is 5.79. The lowest BCUT2D eigenvalue weighted by molar-refractivity contribution is -0.135. The third-order valence-electron chi connectivity index (χ3n) is 4.33. The van der Waals surface area contributed by atoms with E-state index in [1.807, 2.05) is 19.1 Å². The average molecular weight is 314 g/mol. The van der Waals surface area contributed by atoms with E-state index in [1.54, 1.807) is 0 Å². The Labute approximate surface area is 136 Å². The van der Waals surface area contributed by atoms with Crippen molar-refractivity contribution in [1.29, 1.82) is 0 Å². The predicted octanol–water partition coefficient (Wildman–Crippen LogP) is 3.08. The highest BCUT2D eigenvalue weighted by atomic mass is 16.5. The molecule has 2 heterocycles. The summed E-state index contributed by atoms with van der Waals surface area (Å²) in [4.78, 5) is 16.6. The molecule has 1 aromatic heterocycles. The second-order valence-electron chi connectivity index (χ2n) is 6.03. The molecule has 0 unspecified atom stereocenters. The molecule has 1 aliphatic heterocycles. The molecule has 1 aromatic carbocycles. The van der Waals surface area contributed by atoms with E-state index in [0.717, 1.165) is 24.1 Å². The second-order valence-corrected chi connectivity index (χ2v) is 6.03. The molecule has 23 heavy (non-hydrogen) atoms. The molecule has 0 radical (unpaired) electrons. The first-order chi connectivity index (χ1) is 11.1. The van der Waals surface area contributed by atoms with Gasteiger partial charge in [0.15, 0.2) is 6.39 Å². The number of nitrogens with one attached hydrogen (secondary N) is 1. The molecule has 2 aromatic rings. The van der Waals surface area contributed by atoms with Gasteiger partial charge < -0.3 is 14.5 Å². The molecule has 1 aliphatic rings. The van der Waals surface area contributed by atoms with Gasteiger partial charge in [0.25, 0.3) is 0 Å². The number of aromatic nitrogens is 1. The number of benzene rings is 1. The lowest BCUT2D eigenvalue weighted by Crippen LogP contribution is -2.37. The van der Waals surface area contributed by atoms with Gasteiger partial charge in [0.1, 0.15) is 5.76 Å². The minimum Gasteiger partial charge on any atom is -0.446 e. The first kappa shape index (κ1) is 15.7. The summed E-state index contributed by atoms with van der Waals surface area (Å²) in [6, 6.07) is 8.21. The fourth-order valence-corrected chi connectivity index (χ4v) is 2.93. The van der Waals surface area contributed by atoms with Crippen LogP contribution >= 0.6 is 0 Å². The first-order valence-electron chi connectivity index (χ1n) is 8.00. The molecular weight excluding hydrogens is 292 g/mol. The van der Waals surface area contributed by atoms with Crippen LogP contribution in [0.3, 0.4) is 0 Å². The molecule has 0 aliphatic carbocycles. The lowest BCUT2D eigenvalue weighted by Gasteiger charge is -2.31. The number of ether oxygens (including phenoxy) is 1. The first-order valence-corrected chi connectivity index (χ1v) is 8.00. The van der Waals surface area contributed by atoms with Gasteiger partial charge >= 0.3 is 0 Å². The zero-order valence-corrected chi connectivity index (χ0v) is 13.5. The summed E-state index contributed by atoms with van der Waals surface area (Å²) < 4.78 is 11.2. The highest BCUT2D eigenvalue weighted by Crippen LogP contribution is 2.34. The maximum absolute atomic E-state index is 12.6. The van der Waals surface area contributed by atoms with Gasteiger partial charge in [-0.25, -0.2) is 4.98 Å². The number of nitrogens with zero attached hydrogens (tertiary/aromatic N) is 1. The molecule has 1 saturated heterocycles. The van der Waals surface area contributed by atoms with Crippen molar-refractivity contribution in [2.75, 3.05) is 6.61 Å². The largest absolute Gasteiger partial charge is 0.446 e. The van der Waals surface area contributed by atoms with Gasteiger partial charge in [-0.3, -0.25) is 4.79 Å². The van der Waals surface area contributed by atoms with E-state index in [4.69, 9.17) is 9.15 Å². The molecule has 5 heteroatoms. The van der Waals surface area contributed by atoms with Crippen molar-refractivity contribution in [2.24, 2.45) is 5.92 Å². The van der Waals surface area contributed by atoms with E-state index in [1.165, 1.54) is 12.0 Å². The summed E-state index contributed by atoms with van der Waals surface area (Å²) in [5.41, 5.74) is 3.07. The van der Waals surface area contributed by atoms with E-state index >= 15 is 0 Å². The number of amides is 1. The lowest BCUT2D eigenvalue weighted by atomic mass is 9.88. The number of carbonyl (C=O) groups is 1. The number of hydrogen-bond donors (Lipinski definition) is 1. The molecule has 3 rings (SSSR count). The summed E-state index contributed by atoms with van der Waals surface area (Å²) in [6.07, 6.45) is 2.96. The summed E-state index contributed by atoms with van der Waals surface area (Å²) in [6.45, 7) is 4.98. The van der Waals surface area contributed by atoms with Crippen LogP contribution in [0.2, 0.25) is 0 Å². The highest BCUT2D eigenvalue weighted by Gasteiger charge is 2.33. The molecule has 0 saturated carbocycles. The van der Waals surface area contributed by atoms with E-state index < -0.39 is 0 Å². The van der Waals surface area contributed by atoms with Gasteiger partial charge in [-0.15, -0.1) is 0 Å². The number of carbonyl (C=O) groups excluding carboxylic acids is 1. The van der Waals surface area contributed by atoms with Crippen LogP contribution in [0.1, 0.15) is 41.5 Å². The zero-order valence-electron chi connectivity index (χ0n) is 13.5. The van der Waals surface area contributed by atoms with Crippen molar-refractivity contribution in [2.45, 2.75) is 39.3 Å². The topological polar surface area (TPSA) is 64.4 Å². The molecule has 122 valence electrons. The van der Waals surface area contributed by atoms with Crippen LogP contribution < -0.4 is 5.32 Å². The molecule has 1 N–H and O–H groups in total. The van der Waals surface area contributed by atoms with Gasteiger partial charge in [0.05, 0.1) is 24.3 Å². The molecule has 1 amide bonds.